The van der Waals surface area contributed by atoms with Gasteiger partial charge in [0.1, 0.15) is 11.0 Å². The van der Waals surface area contributed by atoms with Gasteiger partial charge < -0.3 is 9.38 Å². The summed E-state index contributed by atoms with van der Waals surface area (Å²) >= 11 is 1.26. The van der Waals surface area contributed by atoms with Crippen molar-refractivity contribution >= 4 is 52.0 Å². The van der Waals surface area contributed by atoms with E-state index in [-0.39, 0.29) is 0 Å². The topological polar surface area (TPSA) is 32.9 Å². The van der Waals surface area contributed by atoms with Crippen LogP contribution in [0.25, 0.3) is 34.3 Å². The number of para-hydroxylation sites is 2. The summed E-state index contributed by atoms with van der Waals surface area (Å²) < 4.78 is 12.6. The van der Waals surface area contributed by atoms with Crippen LogP contribution in [0.1, 0.15) is 17.5 Å². The molecule has 6 rings (SSSR count). The van der Waals surface area contributed by atoms with E-state index in [0.717, 1.165) is 68.8 Å². The molecule has 0 N–H and O–H groups in total. The minimum Gasteiger partial charge on any atom is -0.331 e. The molecule has 0 atom stereocenters. The number of nitrogens with zero attached hydrogens (tertiary/aromatic N) is 5. The minimum atomic E-state index is 0.935. The number of hydrogen-bond acceptors (Lipinski definition) is 4. The molecule has 0 fully saturated rings. The zero-order valence-corrected chi connectivity index (χ0v) is 25.8. The Kier molecular flexibility index (Phi) is 8.40. The summed E-state index contributed by atoms with van der Waals surface area (Å²) in [5.74, 6) is 0. The van der Waals surface area contributed by atoms with Gasteiger partial charge in [-0.1, -0.05) is 72.8 Å². The number of fused-ring (bicyclic) bond motifs is 1. The molecule has 0 aliphatic carbocycles. The van der Waals surface area contributed by atoms with E-state index in [1.54, 1.807) is 0 Å². The van der Waals surface area contributed by atoms with Crippen molar-refractivity contribution in [2.24, 2.45) is 0 Å². The molecule has 0 saturated heterocycles. The SMILES string of the molecule is C[N+](C)(C)CCC[n+]1ccc(/C=C/c2ccc(-c3ccc(N(c4ccccc4)c4ccccc4)cc3)c3nsnc23)cc1. The van der Waals surface area contributed by atoms with Crippen LogP contribution in [0, 0.1) is 0 Å². The smallest absolute Gasteiger partial charge is 0.169 e. The summed E-state index contributed by atoms with van der Waals surface area (Å²) in [6.45, 7) is 2.19. The molecule has 6 aromatic rings. The first kappa shape index (κ1) is 28.5. The zero-order chi connectivity index (χ0) is 29.6. The van der Waals surface area contributed by atoms with Crippen LogP contribution in [-0.2, 0) is 6.54 Å². The summed E-state index contributed by atoms with van der Waals surface area (Å²) in [5, 5.41) is 0. The van der Waals surface area contributed by atoms with Crippen LogP contribution in [0.3, 0.4) is 0 Å². The molecule has 0 aliphatic heterocycles. The molecule has 4 aromatic carbocycles. The molecule has 2 heterocycles. The lowest BCUT2D eigenvalue weighted by Crippen LogP contribution is -2.39. The third kappa shape index (κ3) is 6.88. The van der Waals surface area contributed by atoms with Crippen molar-refractivity contribution in [2.75, 3.05) is 32.6 Å². The molecule has 214 valence electrons. The molecule has 0 radical (unpaired) electrons. The Bertz CT molecular complexity index is 1760. The summed E-state index contributed by atoms with van der Waals surface area (Å²) in [5.41, 5.74) is 9.67. The first-order valence-electron chi connectivity index (χ1n) is 14.7. The van der Waals surface area contributed by atoms with Gasteiger partial charge in [-0.25, -0.2) is 4.57 Å². The lowest BCUT2D eigenvalue weighted by molar-refractivity contribution is -0.873. The summed E-state index contributed by atoms with van der Waals surface area (Å²) in [7, 11) is 6.71. The molecule has 0 bridgehead atoms. The number of rotatable bonds is 10. The van der Waals surface area contributed by atoms with Gasteiger partial charge in [0.2, 0.25) is 0 Å². The molecule has 0 spiro atoms. The molecular formula is C37H37N5S+2. The van der Waals surface area contributed by atoms with Crippen molar-refractivity contribution in [3.63, 3.8) is 0 Å². The van der Waals surface area contributed by atoms with Crippen molar-refractivity contribution < 1.29 is 9.05 Å². The Labute approximate surface area is 258 Å². The Morgan fingerprint density at radius 3 is 1.91 bits per heavy atom. The highest BCUT2D eigenvalue weighted by atomic mass is 32.1. The van der Waals surface area contributed by atoms with E-state index < -0.39 is 0 Å². The fourth-order valence-electron chi connectivity index (χ4n) is 5.29. The van der Waals surface area contributed by atoms with Crippen molar-refractivity contribution in [3.8, 4) is 11.1 Å². The van der Waals surface area contributed by atoms with Crippen LogP contribution in [0.5, 0.6) is 0 Å². The molecule has 0 saturated carbocycles. The minimum absolute atomic E-state index is 0.935. The average molecular weight is 584 g/mol. The highest BCUT2D eigenvalue weighted by Gasteiger charge is 2.15. The van der Waals surface area contributed by atoms with Crippen LogP contribution in [0.4, 0.5) is 17.1 Å². The number of hydrogen-bond donors (Lipinski definition) is 0. The molecule has 0 amide bonds. The lowest BCUT2D eigenvalue weighted by Gasteiger charge is -2.25. The summed E-state index contributed by atoms with van der Waals surface area (Å²) in [4.78, 5) is 2.27. The van der Waals surface area contributed by atoms with E-state index in [4.69, 9.17) is 4.37 Å². The maximum absolute atomic E-state index is 4.70. The number of pyridine rings is 1. The normalized spacial score (nSPS) is 11.8. The molecule has 6 heteroatoms. The Hall–Kier alpha value is -4.65. The molecular weight excluding hydrogens is 547 g/mol. The first-order valence-corrected chi connectivity index (χ1v) is 15.4. The van der Waals surface area contributed by atoms with Gasteiger partial charge in [0.25, 0.3) is 0 Å². The highest BCUT2D eigenvalue weighted by molar-refractivity contribution is 7.00. The van der Waals surface area contributed by atoms with E-state index in [1.807, 2.05) is 12.1 Å². The fourth-order valence-corrected chi connectivity index (χ4v) is 5.87. The van der Waals surface area contributed by atoms with Gasteiger partial charge in [0.15, 0.2) is 18.9 Å². The lowest BCUT2D eigenvalue weighted by atomic mass is 10.0. The second-order valence-electron chi connectivity index (χ2n) is 11.8. The van der Waals surface area contributed by atoms with E-state index in [1.165, 1.54) is 17.3 Å². The second-order valence-corrected chi connectivity index (χ2v) is 12.3. The van der Waals surface area contributed by atoms with E-state index in [0.29, 0.717) is 0 Å². The molecule has 5 nitrogen and oxygen atoms in total. The number of aryl methyl sites for hydroxylation is 1. The van der Waals surface area contributed by atoms with Crippen molar-refractivity contribution in [1.29, 1.82) is 0 Å². The van der Waals surface area contributed by atoms with E-state index in [2.05, 4.69) is 157 Å². The monoisotopic (exact) mass is 583 g/mol. The van der Waals surface area contributed by atoms with Gasteiger partial charge in [-0.3, -0.25) is 0 Å². The third-order valence-electron chi connectivity index (χ3n) is 7.53. The quantitative estimate of drug-likeness (QED) is 0.120. The predicted octanol–water partition coefficient (Wildman–Crippen LogP) is 8.38. The van der Waals surface area contributed by atoms with Gasteiger partial charge in [-0.05, 0) is 47.5 Å². The largest absolute Gasteiger partial charge is 0.331 e. The average Bonchev–Trinajstić information content (AvgIpc) is 3.52. The second kappa shape index (κ2) is 12.7. The molecule has 43 heavy (non-hydrogen) atoms. The maximum atomic E-state index is 4.70. The Balaban J connectivity index is 1.22. The first-order chi connectivity index (χ1) is 20.9. The standard InChI is InChI=1S/C37H37N5S/c1-42(2,3)28-10-25-40-26-23-29(24-27-40)15-16-31-19-22-35(37-36(31)38-43-39-37)30-17-20-34(21-18-30)41(32-11-6-4-7-12-32)33-13-8-5-9-14-33/h4-9,11-24,26-27H,10,25,28H2,1-3H3/q+2. The summed E-state index contributed by atoms with van der Waals surface area (Å²) in [6, 6.07) is 38.3. The van der Waals surface area contributed by atoms with Gasteiger partial charge in [-0.2, -0.15) is 8.75 Å². The summed E-state index contributed by atoms with van der Waals surface area (Å²) in [6.07, 6.45) is 9.79. The number of anilines is 3. The number of quaternary nitrogens is 1. The molecule has 2 aromatic heterocycles. The zero-order valence-electron chi connectivity index (χ0n) is 25.0. The Morgan fingerprint density at radius 1 is 0.674 bits per heavy atom. The fraction of sp³-hybridized carbons (Fsp3) is 0.162. The predicted molar refractivity (Wildman–Crippen MR) is 181 cm³/mol. The number of benzene rings is 4. The van der Waals surface area contributed by atoms with Crippen LogP contribution in [-0.4, -0.2) is 40.9 Å². The van der Waals surface area contributed by atoms with Crippen LogP contribution in [0.15, 0.2) is 122 Å². The maximum Gasteiger partial charge on any atom is 0.169 e. The van der Waals surface area contributed by atoms with Crippen molar-refractivity contribution in [2.45, 2.75) is 13.0 Å². The van der Waals surface area contributed by atoms with Gasteiger partial charge in [0.05, 0.1) is 45.8 Å². The Morgan fingerprint density at radius 2 is 1.28 bits per heavy atom. The molecule has 0 unspecified atom stereocenters. The van der Waals surface area contributed by atoms with Gasteiger partial charge in [0, 0.05) is 40.3 Å². The van der Waals surface area contributed by atoms with E-state index in [9.17, 15) is 0 Å². The van der Waals surface area contributed by atoms with Crippen LogP contribution >= 0.6 is 11.7 Å². The van der Waals surface area contributed by atoms with Crippen molar-refractivity contribution in [1.82, 2.24) is 8.75 Å². The third-order valence-corrected chi connectivity index (χ3v) is 8.06. The van der Waals surface area contributed by atoms with Gasteiger partial charge in [-0.15, -0.1) is 0 Å². The van der Waals surface area contributed by atoms with Crippen LogP contribution in [0.2, 0.25) is 0 Å². The van der Waals surface area contributed by atoms with Crippen molar-refractivity contribution in [3.05, 3.63) is 133 Å². The van der Waals surface area contributed by atoms with Gasteiger partial charge >= 0.3 is 0 Å². The highest BCUT2D eigenvalue weighted by Crippen LogP contribution is 2.36. The van der Waals surface area contributed by atoms with E-state index >= 15 is 0 Å². The number of aromatic nitrogens is 3. The molecule has 0 aliphatic rings. The van der Waals surface area contributed by atoms with Crippen LogP contribution < -0.4 is 9.47 Å².